The monoisotopic (exact) mass is 465 g/mol. The molecule has 172 valence electrons. The maximum atomic E-state index is 13.1. The average Bonchev–Trinajstić information content (AvgIpc) is 2.63. The van der Waals surface area contributed by atoms with Crippen LogP contribution in [-0.2, 0) is 12.4 Å². The summed E-state index contributed by atoms with van der Waals surface area (Å²) in [4.78, 5) is -0.235. The molecule has 1 unspecified atom stereocenters. The molecule has 0 aliphatic carbocycles. The Hall–Kier alpha value is -1.87. The Morgan fingerprint density at radius 2 is 1.23 bits per heavy atom. The lowest BCUT2D eigenvalue weighted by Gasteiger charge is -2.23. The third-order valence-electron chi connectivity index (χ3n) is 4.79. The molecule has 0 radical (unpaired) electrons. The Morgan fingerprint density at radius 1 is 0.742 bits per heavy atom. The Morgan fingerprint density at radius 3 is 1.61 bits per heavy atom. The minimum atomic E-state index is -4.91. The number of aliphatic hydroxyl groups excluding tert-OH is 1. The van der Waals surface area contributed by atoms with Gasteiger partial charge in [-0.1, -0.05) is 39.8 Å². The van der Waals surface area contributed by atoms with Crippen LogP contribution < -0.4 is 4.72 Å². The normalized spacial score (nSPS) is 13.7. The highest BCUT2D eigenvalue weighted by molar-refractivity contribution is 8.00. The summed E-state index contributed by atoms with van der Waals surface area (Å²) in [6.07, 6.45) is -10.7. The highest BCUT2D eigenvalue weighted by Gasteiger charge is 2.37. The summed E-state index contributed by atoms with van der Waals surface area (Å²) in [6.45, 7) is 9.40. The van der Waals surface area contributed by atoms with Crippen LogP contribution in [0, 0.1) is 0 Å². The van der Waals surface area contributed by atoms with Crippen LogP contribution in [0.1, 0.15) is 80.4 Å². The number of nitrogens with one attached hydrogen (secondary N) is 1. The van der Waals surface area contributed by atoms with Gasteiger partial charge in [-0.15, -0.1) is 0 Å². The highest BCUT2D eigenvalue weighted by atomic mass is 32.2. The second kappa shape index (κ2) is 9.32. The number of rotatable bonds is 6. The second-order valence-electron chi connectivity index (χ2n) is 8.01. The molecule has 0 bridgehead atoms. The topological polar surface area (TPSA) is 32.3 Å². The molecule has 0 aliphatic rings. The molecular formula is C22H25F6NOS. The van der Waals surface area contributed by atoms with Crippen molar-refractivity contribution in [2.45, 2.75) is 69.8 Å². The number of halogens is 6. The predicted molar refractivity (Wildman–Crippen MR) is 111 cm³/mol. The van der Waals surface area contributed by atoms with E-state index in [4.69, 9.17) is 0 Å². The molecule has 31 heavy (non-hydrogen) atoms. The van der Waals surface area contributed by atoms with E-state index in [1.54, 1.807) is 13.0 Å². The van der Waals surface area contributed by atoms with Gasteiger partial charge in [0.25, 0.3) is 0 Å². The van der Waals surface area contributed by atoms with Gasteiger partial charge in [0, 0.05) is 10.5 Å². The molecule has 2 N–H and O–H groups in total. The number of anilines is 1. The van der Waals surface area contributed by atoms with Crippen molar-refractivity contribution in [3.05, 3.63) is 58.1 Å². The molecule has 2 rings (SSSR count). The van der Waals surface area contributed by atoms with Crippen LogP contribution in [0.2, 0.25) is 0 Å². The van der Waals surface area contributed by atoms with E-state index in [9.17, 15) is 31.4 Å². The standard InChI is InChI=1S/C22H25F6NOS/c1-11(2)14-6-18(12(3)4)20(19(7-14)13(5)30)29-31-17-9-15(21(23,24)25)8-16(10-17)22(26,27)28/h6-13,29-30H,1-5H3. The van der Waals surface area contributed by atoms with Crippen molar-refractivity contribution >= 4 is 17.6 Å². The second-order valence-corrected chi connectivity index (χ2v) is 8.89. The van der Waals surface area contributed by atoms with E-state index in [1.807, 2.05) is 33.8 Å². The zero-order valence-electron chi connectivity index (χ0n) is 17.7. The van der Waals surface area contributed by atoms with Gasteiger partial charge in [0.15, 0.2) is 0 Å². The minimum Gasteiger partial charge on any atom is -0.389 e. The summed E-state index contributed by atoms with van der Waals surface area (Å²) >= 11 is 0.650. The first-order valence-electron chi connectivity index (χ1n) is 9.69. The molecule has 2 aromatic rings. The molecule has 0 amide bonds. The van der Waals surface area contributed by atoms with Crippen molar-refractivity contribution in [1.29, 1.82) is 0 Å². The van der Waals surface area contributed by atoms with E-state index in [0.29, 0.717) is 35.3 Å². The number of hydrogen-bond acceptors (Lipinski definition) is 3. The first kappa shape index (κ1) is 25.4. The van der Waals surface area contributed by atoms with Crippen molar-refractivity contribution in [1.82, 2.24) is 0 Å². The van der Waals surface area contributed by atoms with Crippen LogP contribution >= 0.6 is 11.9 Å². The minimum absolute atomic E-state index is 0.00606. The largest absolute Gasteiger partial charge is 0.416 e. The number of aliphatic hydroxyl groups is 1. The van der Waals surface area contributed by atoms with E-state index in [-0.39, 0.29) is 22.8 Å². The van der Waals surface area contributed by atoms with Crippen molar-refractivity contribution in [2.24, 2.45) is 0 Å². The van der Waals surface area contributed by atoms with E-state index < -0.39 is 29.6 Å². The van der Waals surface area contributed by atoms with Gasteiger partial charge in [0.05, 0.1) is 22.9 Å². The summed E-state index contributed by atoms with van der Waals surface area (Å²) in [5.74, 6) is 0.182. The Balaban J connectivity index is 2.53. The van der Waals surface area contributed by atoms with Gasteiger partial charge in [0.1, 0.15) is 0 Å². The molecular weight excluding hydrogens is 440 g/mol. The zero-order valence-corrected chi connectivity index (χ0v) is 18.6. The van der Waals surface area contributed by atoms with Crippen molar-refractivity contribution in [3.63, 3.8) is 0 Å². The van der Waals surface area contributed by atoms with Gasteiger partial charge in [-0.05, 0) is 60.0 Å². The van der Waals surface area contributed by atoms with E-state index in [2.05, 4.69) is 4.72 Å². The van der Waals surface area contributed by atoms with Crippen LogP contribution in [0.3, 0.4) is 0 Å². The summed E-state index contributed by atoms with van der Waals surface area (Å²) in [5, 5.41) is 10.3. The average molecular weight is 466 g/mol. The van der Waals surface area contributed by atoms with Crippen LogP contribution in [0.5, 0.6) is 0 Å². The lowest BCUT2D eigenvalue weighted by molar-refractivity contribution is -0.143. The zero-order chi connectivity index (χ0) is 23.7. The van der Waals surface area contributed by atoms with E-state index >= 15 is 0 Å². The summed E-state index contributed by atoms with van der Waals surface area (Å²) in [5.41, 5.74) is 0.0743. The molecule has 2 aromatic carbocycles. The van der Waals surface area contributed by atoms with Crippen molar-refractivity contribution in [2.75, 3.05) is 4.72 Å². The van der Waals surface area contributed by atoms with Crippen LogP contribution in [-0.4, -0.2) is 5.11 Å². The lowest BCUT2D eigenvalue weighted by atomic mass is 9.90. The fourth-order valence-corrected chi connectivity index (χ4v) is 3.87. The molecule has 0 aromatic heterocycles. The molecule has 9 heteroatoms. The third-order valence-corrected chi connectivity index (χ3v) is 5.57. The SMILES string of the molecule is CC(C)c1cc(C(C)C)c(NSc2cc(C(F)(F)F)cc(C(F)(F)F)c2)c(C(C)O)c1. The smallest absolute Gasteiger partial charge is 0.389 e. The summed E-state index contributed by atoms with van der Waals surface area (Å²) in [7, 11) is 0. The first-order chi connectivity index (χ1) is 14.1. The quantitative estimate of drug-likeness (QED) is 0.334. The van der Waals surface area contributed by atoms with Gasteiger partial charge < -0.3 is 9.83 Å². The fourth-order valence-electron chi connectivity index (χ4n) is 3.04. The number of hydrogen-bond donors (Lipinski definition) is 2. The Kier molecular flexibility index (Phi) is 7.63. The summed E-state index contributed by atoms with van der Waals surface area (Å²) in [6, 6.07) is 5.19. The molecule has 0 aliphatic heterocycles. The number of benzene rings is 2. The van der Waals surface area contributed by atoms with Crippen molar-refractivity contribution < 1.29 is 31.4 Å². The third kappa shape index (κ3) is 6.32. The maximum absolute atomic E-state index is 13.1. The van der Waals surface area contributed by atoms with Gasteiger partial charge in [-0.3, -0.25) is 0 Å². The van der Waals surface area contributed by atoms with Crippen LogP contribution in [0.15, 0.2) is 35.2 Å². The molecule has 0 saturated heterocycles. The molecule has 0 spiro atoms. The van der Waals surface area contributed by atoms with Gasteiger partial charge >= 0.3 is 12.4 Å². The van der Waals surface area contributed by atoms with E-state index in [1.165, 1.54) is 0 Å². The predicted octanol–water partition coefficient (Wildman–Crippen LogP) is 8.14. The van der Waals surface area contributed by atoms with Gasteiger partial charge in [-0.2, -0.15) is 26.3 Å². The lowest BCUT2D eigenvalue weighted by Crippen LogP contribution is -2.11. The van der Waals surface area contributed by atoms with Gasteiger partial charge in [0.2, 0.25) is 0 Å². The van der Waals surface area contributed by atoms with Crippen molar-refractivity contribution in [3.8, 4) is 0 Å². The fraction of sp³-hybridized carbons (Fsp3) is 0.455. The highest BCUT2D eigenvalue weighted by Crippen LogP contribution is 2.41. The van der Waals surface area contributed by atoms with E-state index in [0.717, 1.165) is 11.1 Å². The first-order valence-corrected chi connectivity index (χ1v) is 10.5. The van der Waals surface area contributed by atoms with Crippen LogP contribution in [0.25, 0.3) is 0 Å². The van der Waals surface area contributed by atoms with Crippen LogP contribution in [0.4, 0.5) is 32.0 Å². The molecule has 2 nitrogen and oxygen atoms in total. The molecule has 0 fully saturated rings. The maximum Gasteiger partial charge on any atom is 0.416 e. The summed E-state index contributed by atoms with van der Waals surface area (Å²) < 4.78 is 81.7. The van der Waals surface area contributed by atoms with Gasteiger partial charge in [-0.25, -0.2) is 0 Å². The Bertz CT molecular complexity index is 858. The number of alkyl halides is 6. The Labute approximate surface area is 182 Å². The molecule has 0 heterocycles. The molecule has 1 atom stereocenters. The molecule has 0 saturated carbocycles.